The molecule has 0 atom stereocenters. The Morgan fingerprint density at radius 2 is 2.05 bits per heavy atom. The number of carbonyl (C=O) groups excluding carboxylic acids is 1. The van der Waals surface area contributed by atoms with E-state index in [4.69, 9.17) is 21.4 Å². The van der Waals surface area contributed by atoms with Gasteiger partial charge >= 0.3 is 5.97 Å². The molecule has 0 aromatic heterocycles. The third-order valence-electron chi connectivity index (χ3n) is 2.45. The third-order valence-corrected chi connectivity index (χ3v) is 2.69. The maximum absolute atomic E-state index is 12.1. The molecule has 0 aliphatic rings. The van der Waals surface area contributed by atoms with Gasteiger partial charge in [-0.1, -0.05) is 11.6 Å². The summed E-state index contributed by atoms with van der Waals surface area (Å²) in [5.74, 6) is -1.03. The van der Waals surface area contributed by atoms with E-state index >= 15 is 0 Å². The zero-order chi connectivity index (χ0) is 14.6. The van der Waals surface area contributed by atoms with Gasteiger partial charge in [-0.05, 0) is 32.0 Å². The standard InChI is InChI=1S/C13H16ClNO4/c1-13(2,7-11(16)17)15-12(18)9-6-8(14)4-5-10(9)19-3/h4-6H,7H2,1-3H3,(H,15,18)(H,16,17). The monoisotopic (exact) mass is 285 g/mol. The SMILES string of the molecule is COc1ccc(Cl)cc1C(=O)NC(C)(C)CC(=O)O. The Labute approximate surface area is 116 Å². The first-order valence-corrected chi connectivity index (χ1v) is 6.01. The van der Waals surface area contributed by atoms with Crippen LogP contribution in [0.3, 0.4) is 0 Å². The fourth-order valence-electron chi connectivity index (χ4n) is 1.65. The summed E-state index contributed by atoms with van der Waals surface area (Å²) in [5, 5.41) is 11.8. The molecular formula is C13H16ClNO4. The second-order valence-electron chi connectivity index (χ2n) is 4.75. The summed E-state index contributed by atoms with van der Waals surface area (Å²) in [6, 6.07) is 4.67. The summed E-state index contributed by atoms with van der Waals surface area (Å²) in [4.78, 5) is 22.8. The van der Waals surface area contributed by atoms with Crippen molar-refractivity contribution in [2.75, 3.05) is 7.11 Å². The number of methoxy groups -OCH3 is 1. The molecular weight excluding hydrogens is 270 g/mol. The number of ether oxygens (including phenoxy) is 1. The molecule has 2 N–H and O–H groups in total. The minimum absolute atomic E-state index is 0.179. The Bertz CT molecular complexity index is 499. The number of aliphatic carboxylic acids is 1. The number of hydrogen-bond acceptors (Lipinski definition) is 3. The lowest BCUT2D eigenvalue weighted by Gasteiger charge is -2.24. The molecule has 0 bridgehead atoms. The van der Waals surface area contributed by atoms with Crippen LogP contribution in [0.1, 0.15) is 30.6 Å². The van der Waals surface area contributed by atoms with Crippen LogP contribution >= 0.6 is 11.6 Å². The highest BCUT2D eigenvalue weighted by Crippen LogP contribution is 2.23. The second-order valence-corrected chi connectivity index (χ2v) is 5.19. The number of rotatable bonds is 5. The molecule has 0 fully saturated rings. The predicted molar refractivity (Wildman–Crippen MR) is 71.8 cm³/mol. The first-order valence-electron chi connectivity index (χ1n) is 5.63. The molecule has 0 aliphatic heterocycles. The van der Waals surface area contributed by atoms with Gasteiger partial charge in [-0.2, -0.15) is 0 Å². The largest absolute Gasteiger partial charge is 0.496 e. The van der Waals surface area contributed by atoms with Gasteiger partial charge in [0, 0.05) is 10.6 Å². The van der Waals surface area contributed by atoms with E-state index in [0.29, 0.717) is 10.8 Å². The van der Waals surface area contributed by atoms with Crippen molar-refractivity contribution in [2.24, 2.45) is 0 Å². The van der Waals surface area contributed by atoms with Crippen LogP contribution in [0.2, 0.25) is 5.02 Å². The molecule has 19 heavy (non-hydrogen) atoms. The first-order chi connectivity index (χ1) is 8.75. The number of hydrogen-bond donors (Lipinski definition) is 2. The van der Waals surface area contributed by atoms with Crippen molar-refractivity contribution in [3.05, 3.63) is 28.8 Å². The Balaban J connectivity index is 2.95. The smallest absolute Gasteiger partial charge is 0.305 e. The summed E-state index contributed by atoms with van der Waals surface area (Å²) in [6.07, 6.45) is -0.179. The second kappa shape index (κ2) is 5.93. The van der Waals surface area contributed by atoms with Gasteiger partial charge in [0.15, 0.2) is 0 Å². The summed E-state index contributed by atoms with van der Waals surface area (Å²) in [6.45, 7) is 3.27. The molecule has 104 valence electrons. The van der Waals surface area contributed by atoms with E-state index in [2.05, 4.69) is 5.32 Å². The first kappa shape index (κ1) is 15.3. The van der Waals surface area contributed by atoms with Crippen LogP contribution in [0.15, 0.2) is 18.2 Å². The molecule has 0 aliphatic carbocycles. The Morgan fingerprint density at radius 1 is 1.42 bits per heavy atom. The van der Waals surface area contributed by atoms with Crippen LogP contribution in [0.5, 0.6) is 5.75 Å². The van der Waals surface area contributed by atoms with Crippen LogP contribution in [0.25, 0.3) is 0 Å². The van der Waals surface area contributed by atoms with E-state index in [1.807, 2.05) is 0 Å². The number of halogens is 1. The molecule has 5 nitrogen and oxygen atoms in total. The maximum Gasteiger partial charge on any atom is 0.305 e. The maximum atomic E-state index is 12.1. The molecule has 0 spiro atoms. The fraction of sp³-hybridized carbons (Fsp3) is 0.385. The van der Waals surface area contributed by atoms with E-state index in [-0.39, 0.29) is 12.0 Å². The molecule has 6 heteroatoms. The lowest BCUT2D eigenvalue weighted by molar-refractivity contribution is -0.138. The van der Waals surface area contributed by atoms with Crippen LogP contribution < -0.4 is 10.1 Å². The Hall–Kier alpha value is -1.75. The van der Waals surface area contributed by atoms with Crippen LogP contribution in [0.4, 0.5) is 0 Å². The number of carbonyl (C=O) groups is 2. The van der Waals surface area contributed by atoms with Crippen LogP contribution in [-0.4, -0.2) is 29.6 Å². The normalized spacial score (nSPS) is 10.9. The van der Waals surface area contributed by atoms with Gasteiger partial charge in [-0.15, -0.1) is 0 Å². The van der Waals surface area contributed by atoms with Gasteiger partial charge < -0.3 is 15.2 Å². The third kappa shape index (κ3) is 4.44. The highest BCUT2D eigenvalue weighted by molar-refractivity contribution is 6.31. The fourth-order valence-corrected chi connectivity index (χ4v) is 1.83. The van der Waals surface area contributed by atoms with E-state index in [1.165, 1.54) is 13.2 Å². The Kier molecular flexibility index (Phi) is 4.78. The summed E-state index contributed by atoms with van der Waals surface area (Å²) < 4.78 is 5.08. The van der Waals surface area contributed by atoms with Gasteiger partial charge in [-0.3, -0.25) is 9.59 Å². The molecule has 0 heterocycles. The quantitative estimate of drug-likeness (QED) is 0.870. The number of benzene rings is 1. The van der Waals surface area contributed by atoms with Crippen molar-refractivity contribution >= 4 is 23.5 Å². The van der Waals surface area contributed by atoms with Crippen molar-refractivity contribution in [1.29, 1.82) is 0 Å². The highest BCUT2D eigenvalue weighted by Gasteiger charge is 2.25. The molecule has 0 saturated heterocycles. The van der Waals surface area contributed by atoms with Gasteiger partial charge in [0.25, 0.3) is 5.91 Å². The Morgan fingerprint density at radius 3 is 2.58 bits per heavy atom. The molecule has 1 aromatic rings. The van der Waals surface area contributed by atoms with Crippen molar-refractivity contribution in [3.63, 3.8) is 0 Å². The predicted octanol–water partition coefficient (Wildman–Crippen LogP) is 2.33. The van der Waals surface area contributed by atoms with Crippen molar-refractivity contribution < 1.29 is 19.4 Å². The van der Waals surface area contributed by atoms with Crippen molar-refractivity contribution in [3.8, 4) is 5.75 Å². The number of amides is 1. The average molecular weight is 286 g/mol. The summed E-state index contributed by atoms with van der Waals surface area (Å²) in [5.41, 5.74) is -0.593. The molecule has 1 aromatic carbocycles. The van der Waals surface area contributed by atoms with Gasteiger partial charge in [-0.25, -0.2) is 0 Å². The van der Waals surface area contributed by atoms with E-state index < -0.39 is 17.4 Å². The summed E-state index contributed by atoms with van der Waals surface area (Å²) in [7, 11) is 1.45. The number of nitrogens with one attached hydrogen (secondary N) is 1. The van der Waals surface area contributed by atoms with Gasteiger partial charge in [0.1, 0.15) is 5.75 Å². The van der Waals surface area contributed by atoms with Crippen molar-refractivity contribution in [2.45, 2.75) is 25.8 Å². The van der Waals surface area contributed by atoms with Crippen LogP contribution in [-0.2, 0) is 4.79 Å². The average Bonchev–Trinajstić information content (AvgIpc) is 2.26. The van der Waals surface area contributed by atoms with Gasteiger partial charge in [0.05, 0.1) is 19.1 Å². The minimum atomic E-state index is -0.983. The summed E-state index contributed by atoms with van der Waals surface area (Å²) >= 11 is 5.84. The zero-order valence-electron chi connectivity index (χ0n) is 11.0. The topological polar surface area (TPSA) is 75.6 Å². The number of carboxylic acids is 1. The number of carboxylic acid groups (broad SMARTS) is 1. The molecule has 0 saturated carbocycles. The van der Waals surface area contributed by atoms with Gasteiger partial charge in [0.2, 0.25) is 0 Å². The zero-order valence-corrected chi connectivity index (χ0v) is 11.7. The molecule has 1 rings (SSSR count). The van der Waals surface area contributed by atoms with Crippen LogP contribution in [0, 0.1) is 0 Å². The van der Waals surface area contributed by atoms with E-state index in [1.54, 1.807) is 26.0 Å². The van der Waals surface area contributed by atoms with E-state index in [0.717, 1.165) is 0 Å². The lowest BCUT2D eigenvalue weighted by Crippen LogP contribution is -2.45. The van der Waals surface area contributed by atoms with Crippen molar-refractivity contribution in [1.82, 2.24) is 5.32 Å². The lowest BCUT2D eigenvalue weighted by atomic mass is 10.00. The molecule has 0 radical (unpaired) electrons. The highest BCUT2D eigenvalue weighted by atomic mass is 35.5. The molecule has 0 unspecified atom stereocenters. The minimum Gasteiger partial charge on any atom is -0.496 e. The molecule has 1 amide bonds. The van der Waals surface area contributed by atoms with E-state index in [9.17, 15) is 9.59 Å².